The predicted octanol–water partition coefficient (Wildman–Crippen LogP) is 4.89. The number of benzene rings is 2. The Morgan fingerprint density at radius 2 is 1.12 bits per heavy atom. The molecule has 0 aliphatic rings. The second-order valence-corrected chi connectivity index (χ2v) is 11.2. The van der Waals surface area contributed by atoms with Gasteiger partial charge in [-0.3, -0.25) is 9.59 Å². The quantitative estimate of drug-likeness (QED) is 0.0747. The average molecular weight is 747 g/mol. The molecule has 0 spiro atoms. The number of nitrogens with zero attached hydrogens (tertiary/aromatic N) is 4. The summed E-state index contributed by atoms with van der Waals surface area (Å²) in [6, 6.07) is 10.7. The molecule has 0 fully saturated rings. The van der Waals surface area contributed by atoms with Crippen LogP contribution in [0.5, 0.6) is 11.5 Å². The third kappa shape index (κ3) is 13.7. The molecular formula is C30H30ClF6N4NaO4S2. The van der Waals surface area contributed by atoms with Crippen LogP contribution in [0.25, 0.3) is 22.5 Å². The Hall–Kier alpha value is -2.63. The number of carbonyl (C=O) groups is 2. The fourth-order valence-corrected chi connectivity index (χ4v) is 4.49. The van der Waals surface area contributed by atoms with E-state index < -0.39 is 12.7 Å². The smallest absolute Gasteiger partial charge is 0.793 e. The first-order valence-electron chi connectivity index (χ1n) is 13.6. The van der Waals surface area contributed by atoms with Crippen LogP contribution in [0.15, 0.2) is 60.9 Å². The number of hydrogen-bond acceptors (Lipinski definition) is 8. The van der Waals surface area contributed by atoms with E-state index in [9.17, 15) is 35.9 Å². The van der Waals surface area contributed by atoms with Crippen LogP contribution < -0.4 is 39.0 Å². The molecule has 8 nitrogen and oxygen atoms in total. The van der Waals surface area contributed by atoms with Gasteiger partial charge in [0.1, 0.15) is 11.5 Å². The molecule has 0 saturated heterocycles. The Bertz CT molecular complexity index is 1600. The van der Waals surface area contributed by atoms with Gasteiger partial charge < -0.3 is 31.2 Å². The zero-order chi connectivity index (χ0) is 35.4. The first-order chi connectivity index (χ1) is 22.0. The SMILES string of the molecule is CCSCC(=O)c1ncc(-c2ccc(OC(F)(F)F)cc2)n1C.CC[S-].Cn1c(-c2ccc(OC(F)(F)F)cc2)cnc1C(=O)CCl.[Na+]. The van der Waals surface area contributed by atoms with Crippen molar-refractivity contribution in [2.75, 3.05) is 23.1 Å². The number of imidazole rings is 2. The van der Waals surface area contributed by atoms with Gasteiger partial charge in [-0.05, 0) is 54.3 Å². The summed E-state index contributed by atoms with van der Waals surface area (Å²) in [4.78, 5) is 31.6. The average Bonchev–Trinajstić information content (AvgIpc) is 3.58. The molecule has 4 aromatic rings. The molecule has 4 rings (SSSR count). The minimum absolute atomic E-state index is 0. The van der Waals surface area contributed by atoms with Crippen LogP contribution in [0.4, 0.5) is 26.3 Å². The van der Waals surface area contributed by atoms with Crippen molar-refractivity contribution in [3.63, 3.8) is 0 Å². The summed E-state index contributed by atoms with van der Waals surface area (Å²) in [5, 5.41) is 0. The second-order valence-electron chi connectivity index (χ2n) is 9.10. The molecule has 0 aliphatic carbocycles. The number of ketones is 2. The van der Waals surface area contributed by atoms with Gasteiger partial charge in [0.25, 0.3) is 0 Å². The number of aromatic nitrogens is 4. The van der Waals surface area contributed by atoms with E-state index in [-0.39, 0.29) is 64.3 Å². The van der Waals surface area contributed by atoms with Gasteiger partial charge in [0, 0.05) is 25.2 Å². The summed E-state index contributed by atoms with van der Waals surface area (Å²) in [6.07, 6.45) is -6.46. The monoisotopic (exact) mass is 746 g/mol. The number of thioether (sulfide) groups is 1. The van der Waals surface area contributed by atoms with Crippen molar-refractivity contribution in [1.82, 2.24) is 19.1 Å². The van der Waals surface area contributed by atoms with Gasteiger partial charge in [0.05, 0.1) is 35.4 Å². The topological polar surface area (TPSA) is 88.2 Å². The van der Waals surface area contributed by atoms with E-state index >= 15 is 0 Å². The number of hydrogen-bond donors (Lipinski definition) is 0. The first kappa shape index (κ1) is 43.4. The van der Waals surface area contributed by atoms with Crippen LogP contribution in [0.2, 0.25) is 0 Å². The fraction of sp³-hybridized carbons (Fsp3) is 0.333. The number of Topliss-reactive ketones (excluding diaryl/α,β-unsaturated/α-hetero) is 2. The van der Waals surface area contributed by atoms with E-state index in [1.54, 1.807) is 18.7 Å². The molecule has 0 N–H and O–H groups in total. The van der Waals surface area contributed by atoms with Crippen molar-refractivity contribution >= 4 is 47.6 Å². The van der Waals surface area contributed by atoms with Crippen LogP contribution in [-0.2, 0) is 26.7 Å². The normalized spacial score (nSPS) is 10.9. The minimum Gasteiger partial charge on any atom is -0.793 e. The Balaban J connectivity index is 0.000000437. The molecule has 0 aliphatic heterocycles. The van der Waals surface area contributed by atoms with E-state index in [2.05, 4.69) is 32.1 Å². The number of ether oxygens (including phenoxy) is 2. The Kier molecular flexibility index (Phi) is 18.2. The molecule has 0 bridgehead atoms. The third-order valence-corrected chi connectivity index (χ3v) is 6.92. The molecule has 2 aromatic carbocycles. The van der Waals surface area contributed by atoms with Gasteiger partial charge in [-0.25, -0.2) is 9.97 Å². The van der Waals surface area contributed by atoms with Crippen molar-refractivity contribution in [2.24, 2.45) is 14.1 Å². The molecule has 0 amide bonds. The summed E-state index contributed by atoms with van der Waals surface area (Å²) in [5.41, 5.74) is 2.49. The van der Waals surface area contributed by atoms with Crippen molar-refractivity contribution in [1.29, 1.82) is 0 Å². The number of alkyl halides is 7. The number of halogens is 7. The zero-order valence-corrected chi connectivity index (χ0v) is 30.9. The maximum absolute atomic E-state index is 12.1. The molecular weight excluding hydrogens is 717 g/mol. The zero-order valence-electron chi connectivity index (χ0n) is 26.5. The predicted molar refractivity (Wildman–Crippen MR) is 171 cm³/mol. The fourth-order valence-electron chi connectivity index (χ4n) is 3.85. The van der Waals surface area contributed by atoms with Gasteiger partial charge in [0.2, 0.25) is 11.6 Å². The first-order valence-corrected chi connectivity index (χ1v) is 15.9. The molecule has 2 heterocycles. The molecule has 18 heteroatoms. The summed E-state index contributed by atoms with van der Waals surface area (Å²) in [6.45, 7) is 3.90. The van der Waals surface area contributed by atoms with Crippen molar-refractivity contribution < 1.29 is 75.0 Å². The Morgan fingerprint density at radius 3 is 1.44 bits per heavy atom. The number of rotatable bonds is 10. The van der Waals surface area contributed by atoms with Gasteiger partial charge in [-0.15, -0.1) is 37.9 Å². The van der Waals surface area contributed by atoms with Crippen molar-refractivity contribution in [3.05, 3.63) is 72.6 Å². The minimum atomic E-state index is -4.73. The van der Waals surface area contributed by atoms with E-state index in [0.717, 1.165) is 11.5 Å². The summed E-state index contributed by atoms with van der Waals surface area (Å²) in [5.74, 6) is 1.33. The van der Waals surface area contributed by atoms with Gasteiger partial charge in [-0.1, -0.05) is 13.8 Å². The Morgan fingerprint density at radius 1 is 0.771 bits per heavy atom. The summed E-state index contributed by atoms with van der Waals surface area (Å²) < 4.78 is 83.5. The van der Waals surface area contributed by atoms with Crippen molar-refractivity contribution in [3.8, 4) is 34.0 Å². The van der Waals surface area contributed by atoms with E-state index in [0.29, 0.717) is 34.1 Å². The third-order valence-electron chi connectivity index (χ3n) is 5.80. The molecule has 2 aromatic heterocycles. The molecule has 0 saturated carbocycles. The Labute approximate surface area is 310 Å². The maximum atomic E-state index is 12.1. The standard InChI is InChI=1S/C15H15F3N2O2S.C13H10ClF3N2O2.C2H6S.Na/c1-3-23-9-13(21)14-19-8-12(20(14)2)10-4-6-11(7-5-10)22-15(16,17)18;1-19-10(7-18-12(19)11(20)6-14)8-2-4-9(5-3-8)21-13(15,16)17;1-2-3;/h4-8H,3,9H2,1-2H3;2-5,7H,6H2,1H3;3H,2H2,1H3;/q;;;+1/p-1. The molecule has 0 radical (unpaired) electrons. The molecule has 48 heavy (non-hydrogen) atoms. The summed E-state index contributed by atoms with van der Waals surface area (Å²) >= 11 is 11.4. The number of carbonyl (C=O) groups excluding carboxylic acids is 2. The second kappa shape index (κ2) is 20.1. The molecule has 0 atom stereocenters. The molecule has 0 unspecified atom stereocenters. The van der Waals surface area contributed by atoms with Crippen LogP contribution in [0.3, 0.4) is 0 Å². The van der Waals surface area contributed by atoms with Crippen LogP contribution in [-0.4, -0.2) is 66.5 Å². The summed E-state index contributed by atoms with van der Waals surface area (Å²) in [7, 11) is 3.33. The maximum Gasteiger partial charge on any atom is 1.00 e. The molecule has 256 valence electrons. The van der Waals surface area contributed by atoms with E-state index in [1.807, 2.05) is 13.8 Å². The van der Waals surface area contributed by atoms with Crippen LogP contribution in [0, 0.1) is 0 Å². The van der Waals surface area contributed by atoms with Gasteiger partial charge in [-0.2, -0.15) is 17.5 Å². The van der Waals surface area contributed by atoms with Crippen LogP contribution >= 0.6 is 23.4 Å². The van der Waals surface area contributed by atoms with E-state index in [4.69, 9.17) is 11.6 Å². The van der Waals surface area contributed by atoms with Crippen LogP contribution in [0.1, 0.15) is 35.1 Å². The van der Waals surface area contributed by atoms with Crippen molar-refractivity contribution in [2.45, 2.75) is 26.6 Å². The van der Waals surface area contributed by atoms with Gasteiger partial charge >= 0.3 is 42.3 Å². The largest absolute Gasteiger partial charge is 1.00 e. The van der Waals surface area contributed by atoms with Gasteiger partial charge in [0.15, 0.2) is 11.6 Å². The van der Waals surface area contributed by atoms with E-state index in [1.165, 1.54) is 77.3 Å².